The Balaban J connectivity index is 0.933. The van der Waals surface area contributed by atoms with Crippen molar-refractivity contribution in [2.75, 3.05) is 4.90 Å². The first-order valence-electron chi connectivity index (χ1n) is 25.2. The molecular weight excluding hydrogens is 897 g/mol. The Kier molecular flexibility index (Phi) is 11.3. The minimum Gasteiger partial charge on any atom is -0.310 e. The highest BCUT2D eigenvalue weighted by atomic mass is 28.3. The van der Waals surface area contributed by atoms with Gasteiger partial charge in [0.05, 0.1) is 16.7 Å². The lowest BCUT2D eigenvalue weighted by Crippen LogP contribution is -2.74. The Hall–Kier alpha value is -9.28. The highest BCUT2D eigenvalue weighted by Crippen LogP contribution is 2.45. The molecule has 0 aliphatic rings. The molecule has 0 N–H and O–H groups in total. The van der Waals surface area contributed by atoms with Crippen LogP contribution >= 0.6 is 0 Å². The van der Waals surface area contributed by atoms with Crippen molar-refractivity contribution in [3.8, 4) is 39.1 Å². The first-order valence-corrected chi connectivity index (χ1v) is 27.2. The summed E-state index contributed by atoms with van der Waals surface area (Å²) in [6, 6.07) is 112. The standard InChI is InChI=1S/C70H50N2Si/c1-5-19-51(20-6-1)52-37-45-59(46-38-52)72-67-32-16-15-30-66(67)70-68(33-18-34-69(70)72)71(58-47-39-56(40-48-58)65-31-17-22-55-21-13-14-29-64(55)65)57-43-35-53(36-44-57)54-41-49-63(50-42-54)73(60-23-7-2-8-24-60,61-25-9-3-10-26-61)62-27-11-4-12-28-62/h1-50H. The summed E-state index contributed by atoms with van der Waals surface area (Å²) in [6.07, 6.45) is 0. The number of fused-ring (bicyclic) bond motifs is 4. The van der Waals surface area contributed by atoms with E-state index in [1.165, 1.54) is 81.2 Å². The van der Waals surface area contributed by atoms with Crippen molar-refractivity contribution in [1.82, 2.24) is 4.57 Å². The topological polar surface area (TPSA) is 8.17 Å². The molecule has 73 heavy (non-hydrogen) atoms. The van der Waals surface area contributed by atoms with E-state index in [0.29, 0.717) is 0 Å². The van der Waals surface area contributed by atoms with Gasteiger partial charge in [-0.2, -0.15) is 0 Å². The number of nitrogens with zero attached hydrogens (tertiary/aromatic N) is 2. The van der Waals surface area contributed by atoms with E-state index in [0.717, 1.165) is 28.3 Å². The summed E-state index contributed by atoms with van der Waals surface area (Å²) in [4.78, 5) is 2.44. The first kappa shape index (κ1) is 43.7. The molecule has 0 atom stereocenters. The number of rotatable bonds is 11. The molecule has 12 aromatic carbocycles. The second kappa shape index (κ2) is 18.8. The van der Waals surface area contributed by atoms with Crippen LogP contribution in [-0.4, -0.2) is 12.6 Å². The van der Waals surface area contributed by atoms with Crippen LogP contribution in [-0.2, 0) is 0 Å². The van der Waals surface area contributed by atoms with Gasteiger partial charge in [-0.1, -0.05) is 249 Å². The zero-order valence-electron chi connectivity index (χ0n) is 40.3. The smallest absolute Gasteiger partial charge is 0.179 e. The Morgan fingerprint density at radius 3 is 1.27 bits per heavy atom. The highest BCUT2D eigenvalue weighted by Gasteiger charge is 2.41. The quantitative estimate of drug-likeness (QED) is 0.0926. The lowest BCUT2D eigenvalue weighted by atomic mass is 9.98. The van der Waals surface area contributed by atoms with Crippen LogP contribution in [0.4, 0.5) is 17.1 Å². The molecule has 0 saturated carbocycles. The van der Waals surface area contributed by atoms with E-state index in [9.17, 15) is 0 Å². The molecule has 0 aliphatic heterocycles. The van der Waals surface area contributed by atoms with E-state index in [2.05, 4.69) is 313 Å². The molecule has 13 aromatic rings. The summed E-state index contributed by atoms with van der Waals surface area (Å²) < 4.78 is 2.42. The summed E-state index contributed by atoms with van der Waals surface area (Å²) in [5.41, 5.74) is 13.9. The number of benzene rings is 12. The fourth-order valence-electron chi connectivity index (χ4n) is 11.4. The van der Waals surface area contributed by atoms with E-state index in [-0.39, 0.29) is 0 Å². The first-order chi connectivity index (χ1) is 36.2. The molecule has 0 spiro atoms. The van der Waals surface area contributed by atoms with E-state index in [4.69, 9.17) is 0 Å². The van der Waals surface area contributed by atoms with Gasteiger partial charge in [-0.05, 0) is 119 Å². The molecule has 1 aromatic heterocycles. The molecule has 0 bridgehead atoms. The maximum absolute atomic E-state index is 2.65. The van der Waals surface area contributed by atoms with Gasteiger partial charge < -0.3 is 9.47 Å². The lowest BCUT2D eigenvalue weighted by molar-refractivity contribution is 1.18. The van der Waals surface area contributed by atoms with E-state index < -0.39 is 8.07 Å². The van der Waals surface area contributed by atoms with Gasteiger partial charge in [0.25, 0.3) is 0 Å². The van der Waals surface area contributed by atoms with Crippen LogP contribution in [0.5, 0.6) is 0 Å². The van der Waals surface area contributed by atoms with E-state index >= 15 is 0 Å². The fraction of sp³-hybridized carbons (Fsp3) is 0. The molecule has 3 heteroatoms. The third kappa shape index (κ3) is 7.75. The van der Waals surface area contributed by atoms with Gasteiger partial charge in [-0.3, -0.25) is 0 Å². The third-order valence-corrected chi connectivity index (χ3v) is 19.6. The average Bonchev–Trinajstić information content (AvgIpc) is 3.82. The van der Waals surface area contributed by atoms with Crippen molar-refractivity contribution in [1.29, 1.82) is 0 Å². The summed E-state index contributed by atoms with van der Waals surface area (Å²) in [5.74, 6) is 0. The Labute approximate surface area is 428 Å². The molecule has 0 aliphatic carbocycles. The Morgan fingerprint density at radius 2 is 0.685 bits per heavy atom. The molecule has 0 unspecified atom stereocenters. The number of hydrogen-bond donors (Lipinski definition) is 0. The van der Waals surface area contributed by atoms with Crippen LogP contribution in [0.25, 0.3) is 71.6 Å². The number of para-hydroxylation sites is 1. The van der Waals surface area contributed by atoms with E-state index in [1.807, 2.05) is 0 Å². The summed E-state index contributed by atoms with van der Waals surface area (Å²) in [6.45, 7) is 0. The second-order valence-electron chi connectivity index (χ2n) is 18.8. The highest BCUT2D eigenvalue weighted by molar-refractivity contribution is 7.19. The summed E-state index contributed by atoms with van der Waals surface area (Å²) >= 11 is 0. The zero-order valence-corrected chi connectivity index (χ0v) is 41.3. The molecule has 2 nitrogen and oxygen atoms in total. The molecule has 1 heterocycles. The van der Waals surface area contributed by atoms with Crippen molar-refractivity contribution in [3.63, 3.8) is 0 Å². The van der Waals surface area contributed by atoms with Gasteiger partial charge >= 0.3 is 0 Å². The molecule has 0 amide bonds. The van der Waals surface area contributed by atoms with Crippen molar-refractivity contribution in [2.45, 2.75) is 0 Å². The molecule has 0 radical (unpaired) electrons. The minimum absolute atomic E-state index is 1.08. The summed E-state index contributed by atoms with van der Waals surface area (Å²) in [7, 11) is -2.65. The fourth-order valence-corrected chi connectivity index (χ4v) is 16.1. The van der Waals surface area contributed by atoms with Gasteiger partial charge in [0.1, 0.15) is 0 Å². The van der Waals surface area contributed by atoms with Crippen molar-refractivity contribution >= 4 is 78.5 Å². The van der Waals surface area contributed by atoms with Gasteiger partial charge in [0, 0.05) is 27.8 Å². The second-order valence-corrected chi connectivity index (χ2v) is 22.6. The summed E-state index contributed by atoms with van der Waals surface area (Å²) in [5, 5.41) is 10.4. The molecule has 344 valence electrons. The number of anilines is 3. The molecule has 0 saturated heterocycles. The maximum atomic E-state index is 2.44. The van der Waals surface area contributed by atoms with E-state index in [1.54, 1.807) is 0 Å². The van der Waals surface area contributed by atoms with Crippen molar-refractivity contribution < 1.29 is 0 Å². The van der Waals surface area contributed by atoms with Crippen LogP contribution < -0.4 is 25.6 Å². The van der Waals surface area contributed by atoms with Gasteiger partial charge in [0.2, 0.25) is 0 Å². The number of aromatic nitrogens is 1. The van der Waals surface area contributed by atoms with Crippen LogP contribution in [0.1, 0.15) is 0 Å². The zero-order chi connectivity index (χ0) is 48.6. The molecule has 13 rings (SSSR count). The van der Waals surface area contributed by atoms with Gasteiger partial charge in [-0.25, -0.2) is 0 Å². The van der Waals surface area contributed by atoms with Crippen LogP contribution in [0, 0.1) is 0 Å². The SMILES string of the molecule is c1ccc(-c2ccc(-n3c4ccccc4c4c(N(c5ccc(-c6ccc([Si](c7ccccc7)(c7ccccc7)c7ccccc7)cc6)cc5)c5ccc(-c6cccc7ccccc67)cc5)cccc43)cc2)cc1. The minimum atomic E-state index is -2.65. The Bertz CT molecular complexity index is 3920. The normalized spacial score (nSPS) is 11.6. The Morgan fingerprint density at radius 1 is 0.274 bits per heavy atom. The lowest BCUT2D eigenvalue weighted by Gasteiger charge is -2.34. The largest absolute Gasteiger partial charge is 0.310 e. The van der Waals surface area contributed by atoms with Crippen molar-refractivity contribution in [3.05, 3.63) is 303 Å². The van der Waals surface area contributed by atoms with Crippen LogP contribution in [0.15, 0.2) is 303 Å². The van der Waals surface area contributed by atoms with Gasteiger partial charge in [0.15, 0.2) is 8.07 Å². The monoisotopic (exact) mass is 946 g/mol. The average molecular weight is 947 g/mol. The predicted molar refractivity (Wildman–Crippen MR) is 313 cm³/mol. The van der Waals surface area contributed by atoms with Gasteiger partial charge in [-0.15, -0.1) is 0 Å². The van der Waals surface area contributed by atoms with Crippen LogP contribution in [0.2, 0.25) is 0 Å². The number of hydrogen-bond acceptors (Lipinski definition) is 1. The van der Waals surface area contributed by atoms with Crippen molar-refractivity contribution in [2.24, 2.45) is 0 Å². The molecular formula is C70H50N2Si. The maximum Gasteiger partial charge on any atom is 0.179 e. The predicted octanol–water partition coefficient (Wildman–Crippen LogP) is 15.8. The van der Waals surface area contributed by atoms with Crippen LogP contribution in [0.3, 0.4) is 0 Å². The molecule has 0 fully saturated rings. The third-order valence-electron chi connectivity index (χ3n) is 14.8.